The molecule has 0 spiro atoms. The molecule has 6 heteroatoms. The van der Waals surface area contributed by atoms with Gasteiger partial charge in [0.25, 0.3) is 0 Å². The van der Waals surface area contributed by atoms with Crippen LogP contribution in [0.2, 0.25) is 10.0 Å². The molecule has 0 radical (unpaired) electrons. The van der Waals surface area contributed by atoms with Crippen molar-refractivity contribution in [3.05, 3.63) is 52.3 Å². The first-order valence-corrected chi connectivity index (χ1v) is 9.81. The first kappa shape index (κ1) is 17.7. The van der Waals surface area contributed by atoms with Gasteiger partial charge in [-0.15, -0.1) is 0 Å². The van der Waals surface area contributed by atoms with E-state index in [0.29, 0.717) is 10.0 Å². The predicted molar refractivity (Wildman–Crippen MR) is 109 cm³/mol. The number of nitrogen functional groups attached to an aromatic ring is 1. The van der Waals surface area contributed by atoms with Crippen molar-refractivity contribution in [2.24, 2.45) is 0 Å². The zero-order valence-electron chi connectivity index (χ0n) is 14.6. The first-order valence-electron chi connectivity index (χ1n) is 9.06. The minimum Gasteiger partial charge on any atom is -0.398 e. The summed E-state index contributed by atoms with van der Waals surface area (Å²) in [5, 5.41) is 1.24. The van der Waals surface area contributed by atoms with E-state index in [2.05, 4.69) is 9.30 Å². The van der Waals surface area contributed by atoms with E-state index in [9.17, 15) is 0 Å². The maximum absolute atomic E-state index is 6.49. The summed E-state index contributed by atoms with van der Waals surface area (Å²) in [6.07, 6.45) is 7.06. The van der Waals surface area contributed by atoms with Crippen LogP contribution in [0.1, 0.15) is 31.4 Å². The predicted octanol–water partition coefficient (Wildman–Crippen LogP) is 5.27. The average molecular weight is 389 g/mol. The molecule has 0 saturated carbocycles. The number of imidazole rings is 1. The average Bonchev–Trinajstić information content (AvgIpc) is 2.79. The minimum atomic E-state index is 0.617. The molecule has 0 bridgehead atoms. The van der Waals surface area contributed by atoms with Crippen LogP contribution in [0.15, 0.2) is 36.5 Å². The molecule has 2 N–H and O–H groups in total. The molecule has 0 amide bonds. The van der Waals surface area contributed by atoms with Gasteiger partial charge in [-0.3, -0.25) is 4.90 Å². The van der Waals surface area contributed by atoms with Crippen LogP contribution >= 0.6 is 23.2 Å². The number of benzene rings is 1. The van der Waals surface area contributed by atoms with Gasteiger partial charge >= 0.3 is 0 Å². The molecular formula is C20H22Cl2N4. The van der Waals surface area contributed by atoms with E-state index in [1.165, 1.54) is 25.7 Å². The number of hydrogen-bond acceptors (Lipinski definition) is 3. The third-order valence-electron chi connectivity index (χ3n) is 5.00. The van der Waals surface area contributed by atoms with Crippen molar-refractivity contribution < 1.29 is 0 Å². The van der Waals surface area contributed by atoms with Crippen molar-refractivity contribution in [1.82, 2.24) is 14.3 Å². The fourth-order valence-corrected chi connectivity index (χ4v) is 4.16. The standard InChI is InChI=1S/C20H22Cl2N4/c21-14-5-7-16(17(22)11-14)20-18(13-25-9-3-1-2-4-10-25)26-12-15(23)6-8-19(26)24-20/h5-8,11-12H,1-4,9-10,13,23H2. The van der Waals surface area contributed by atoms with Gasteiger partial charge in [-0.05, 0) is 56.3 Å². The van der Waals surface area contributed by atoms with Crippen LogP contribution in [0.3, 0.4) is 0 Å². The highest BCUT2D eigenvalue weighted by Crippen LogP contribution is 2.33. The molecule has 3 aromatic rings. The van der Waals surface area contributed by atoms with Gasteiger partial charge in [0, 0.05) is 29.0 Å². The van der Waals surface area contributed by atoms with E-state index in [0.717, 1.165) is 47.9 Å². The SMILES string of the molecule is Nc1ccc2nc(-c3ccc(Cl)cc3Cl)c(CN3CCCCCC3)n2c1. The van der Waals surface area contributed by atoms with Gasteiger partial charge in [0.1, 0.15) is 5.65 Å². The maximum atomic E-state index is 6.49. The lowest BCUT2D eigenvalue weighted by Gasteiger charge is -2.20. The number of nitrogens with two attached hydrogens (primary N) is 1. The molecule has 1 aromatic carbocycles. The molecule has 4 rings (SSSR count). The molecule has 0 atom stereocenters. The molecule has 136 valence electrons. The lowest BCUT2D eigenvalue weighted by molar-refractivity contribution is 0.273. The minimum absolute atomic E-state index is 0.617. The third-order valence-corrected chi connectivity index (χ3v) is 5.55. The monoisotopic (exact) mass is 388 g/mol. The largest absolute Gasteiger partial charge is 0.398 e. The maximum Gasteiger partial charge on any atom is 0.137 e. The highest BCUT2D eigenvalue weighted by molar-refractivity contribution is 6.36. The Morgan fingerprint density at radius 1 is 1.00 bits per heavy atom. The Labute approximate surface area is 163 Å². The Kier molecular flexibility index (Phi) is 5.07. The summed E-state index contributed by atoms with van der Waals surface area (Å²) in [7, 11) is 0. The van der Waals surface area contributed by atoms with Crippen molar-refractivity contribution in [2.75, 3.05) is 18.8 Å². The fourth-order valence-electron chi connectivity index (χ4n) is 3.66. The number of likely N-dealkylation sites (tertiary alicyclic amines) is 1. The molecule has 4 nitrogen and oxygen atoms in total. The molecule has 1 aliphatic rings. The molecule has 1 aliphatic heterocycles. The molecule has 3 heterocycles. The van der Waals surface area contributed by atoms with Gasteiger partial charge in [-0.25, -0.2) is 4.98 Å². The Balaban J connectivity index is 1.83. The summed E-state index contributed by atoms with van der Waals surface area (Å²) in [6, 6.07) is 9.41. The smallest absolute Gasteiger partial charge is 0.137 e. The number of nitrogens with zero attached hydrogens (tertiary/aromatic N) is 3. The second-order valence-corrected chi connectivity index (χ2v) is 7.76. The molecule has 26 heavy (non-hydrogen) atoms. The van der Waals surface area contributed by atoms with Crippen molar-refractivity contribution in [3.8, 4) is 11.3 Å². The molecule has 1 fully saturated rings. The molecule has 1 saturated heterocycles. The molecule has 0 aliphatic carbocycles. The Bertz CT molecular complexity index is 927. The van der Waals surface area contributed by atoms with Crippen LogP contribution in [0.4, 0.5) is 5.69 Å². The highest BCUT2D eigenvalue weighted by atomic mass is 35.5. The van der Waals surface area contributed by atoms with Crippen LogP contribution in [-0.2, 0) is 6.54 Å². The van der Waals surface area contributed by atoms with E-state index in [1.807, 2.05) is 30.5 Å². The van der Waals surface area contributed by atoms with Crippen molar-refractivity contribution in [1.29, 1.82) is 0 Å². The first-order chi connectivity index (χ1) is 12.6. The lowest BCUT2D eigenvalue weighted by atomic mass is 10.1. The summed E-state index contributed by atoms with van der Waals surface area (Å²) in [6.45, 7) is 3.06. The van der Waals surface area contributed by atoms with Crippen LogP contribution in [-0.4, -0.2) is 27.4 Å². The number of rotatable bonds is 3. The van der Waals surface area contributed by atoms with E-state index >= 15 is 0 Å². The summed E-state index contributed by atoms with van der Waals surface area (Å²) >= 11 is 12.6. The molecule has 0 unspecified atom stereocenters. The van der Waals surface area contributed by atoms with Gasteiger partial charge in [-0.1, -0.05) is 36.0 Å². The quantitative estimate of drug-likeness (QED) is 0.664. The second kappa shape index (κ2) is 7.47. The highest BCUT2D eigenvalue weighted by Gasteiger charge is 2.20. The van der Waals surface area contributed by atoms with E-state index in [-0.39, 0.29) is 0 Å². The van der Waals surface area contributed by atoms with E-state index in [4.69, 9.17) is 33.9 Å². The lowest BCUT2D eigenvalue weighted by Crippen LogP contribution is -2.25. The Morgan fingerprint density at radius 3 is 2.50 bits per heavy atom. The number of hydrogen-bond donors (Lipinski definition) is 1. The van der Waals surface area contributed by atoms with Gasteiger partial charge in [-0.2, -0.15) is 0 Å². The van der Waals surface area contributed by atoms with Crippen LogP contribution in [0, 0.1) is 0 Å². The summed E-state index contributed by atoms with van der Waals surface area (Å²) in [5.74, 6) is 0. The second-order valence-electron chi connectivity index (χ2n) is 6.91. The van der Waals surface area contributed by atoms with Gasteiger partial charge in [0.2, 0.25) is 0 Å². The number of halogens is 2. The summed E-state index contributed by atoms with van der Waals surface area (Å²) < 4.78 is 2.10. The number of anilines is 1. The fraction of sp³-hybridized carbons (Fsp3) is 0.350. The van der Waals surface area contributed by atoms with Crippen LogP contribution < -0.4 is 5.73 Å². The Morgan fingerprint density at radius 2 is 1.77 bits per heavy atom. The van der Waals surface area contributed by atoms with Crippen LogP contribution in [0.25, 0.3) is 16.9 Å². The van der Waals surface area contributed by atoms with E-state index in [1.54, 1.807) is 6.07 Å². The van der Waals surface area contributed by atoms with Gasteiger partial charge in [0.15, 0.2) is 0 Å². The van der Waals surface area contributed by atoms with Crippen molar-refractivity contribution in [3.63, 3.8) is 0 Å². The number of fused-ring (bicyclic) bond motifs is 1. The zero-order valence-corrected chi connectivity index (χ0v) is 16.1. The zero-order chi connectivity index (χ0) is 18.1. The normalized spacial score (nSPS) is 16.1. The summed E-state index contributed by atoms with van der Waals surface area (Å²) in [4.78, 5) is 7.36. The third kappa shape index (κ3) is 3.54. The number of pyridine rings is 1. The topological polar surface area (TPSA) is 46.6 Å². The molecule has 2 aromatic heterocycles. The number of aromatic nitrogens is 2. The van der Waals surface area contributed by atoms with Crippen LogP contribution in [0.5, 0.6) is 0 Å². The van der Waals surface area contributed by atoms with Crippen molar-refractivity contribution in [2.45, 2.75) is 32.2 Å². The van der Waals surface area contributed by atoms with Gasteiger partial charge < -0.3 is 10.1 Å². The van der Waals surface area contributed by atoms with E-state index < -0.39 is 0 Å². The summed E-state index contributed by atoms with van der Waals surface area (Å²) in [5.41, 5.74) is 10.6. The Hall–Kier alpha value is -1.75. The van der Waals surface area contributed by atoms with Crippen molar-refractivity contribution >= 4 is 34.5 Å². The molecular weight excluding hydrogens is 367 g/mol. The van der Waals surface area contributed by atoms with Gasteiger partial charge in [0.05, 0.1) is 16.4 Å².